The Kier molecular flexibility index (Phi) is 28.1. The molecule has 0 aliphatic rings. The maximum absolute atomic E-state index is 6.21. The van der Waals surface area contributed by atoms with Crippen LogP contribution in [-0.4, -0.2) is 44.5 Å². The fourth-order valence-corrected chi connectivity index (χ4v) is 4.31. The Labute approximate surface area is 212 Å². The molecule has 0 bridgehead atoms. The van der Waals surface area contributed by atoms with E-state index < -0.39 is 0 Å². The molecule has 3 nitrogen and oxygen atoms in total. The third kappa shape index (κ3) is 26.4. The summed E-state index contributed by atoms with van der Waals surface area (Å²) in [6, 6.07) is 0. The molecule has 2 unspecified atom stereocenters. The molecule has 0 aliphatic heterocycles. The van der Waals surface area contributed by atoms with Crippen LogP contribution in [-0.2, 0) is 14.2 Å². The molecule has 0 N–H and O–H groups in total. The van der Waals surface area contributed by atoms with Crippen LogP contribution in [0.25, 0.3) is 0 Å². The van der Waals surface area contributed by atoms with Gasteiger partial charge in [0.25, 0.3) is 0 Å². The third-order valence-electron chi connectivity index (χ3n) is 6.11. The molecular formula is C29H57ClO3. The Morgan fingerprint density at radius 3 is 1.70 bits per heavy atom. The summed E-state index contributed by atoms with van der Waals surface area (Å²) < 4.78 is 17.7. The Morgan fingerprint density at radius 2 is 1.12 bits per heavy atom. The van der Waals surface area contributed by atoms with Gasteiger partial charge in [0.1, 0.15) is 0 Å². The molecule has 0 aromatic heterocycles. The van der Waals surface area contributed by atoms with Crippen LogP contribution in [0.1, 0.15) is 129 Å². The second-order valence-corrected chi connectivity index (χ2v) is 10.1. The molecule has 0 aromatic rings. The van der Waals surface area contributed by atoms with Crippen molar-refractivity contribution in [2.45, 2.75) is 141 Å². The lowest BCUT2D eigenvalue weighted by atomic mass is 10.1. The summed E-state index contributed by atoms with van der Waals surface area (Å²) in [6.07, 6.45) is 24.1. The van der Waals surface area contributed by atoms with Gasteiger partial charge in [-0.2, -0.15) is 0 Å². The summed E-state index contributed by atoms with van der Waals surface area (Å²) >= 11 is 6.21. The summed E-state index contributed by atoms with van der Waals surface area (Å²) in [5.74, 6) is 0. The molecule has 33 heavy (non-hydrogen) atoms. The minimum absolute atomic E-state index is 0.279. The van der Waals surface area contributed by atoms with Crippen molar-refractivity contribution in [1.29, 1.82) is 0 Å². The normalized spacial score (nSPS) is 13.3. The molecule has 0 aliphatic carbocycles. The van der Waals surface area contributed by atoms with Gasteiger partial charge in [-0.3, -0.25) is 0 Å². The van der Waals surface area contributed by atoms with Crippen LogP contribution in [0.15, 0.2) is 12.7 Å². The smallest absolute Gasteiger partial charge is 0.0597 e. The zero-order valence-electron chi connectivity index (χ0n) is 22.3. The predicted octanol–water partition coefficient (Wildman–Crippen LogP) is 9.26. The Bertz CT molecular complexity index is 378. The van der Waals surface area contributed by atoms with E-state index in [1.54, 1.807) is 0 Å². The van der Waals surface area contributed by atoms with Gasteiger partial charge in [0, 0.05) is 38.4 Å². The zero-order valence-corrected chi connectivity index (χ0v) is 23.1. The van der Waals surface area contributed by atoms with Gasteiger partial charge in [0.2, 0.25) is 0 Å². The van der Waals surface area contributed by atoms with Crippen LogP contribution in [0.2, 0.25) is 0 Å². The van der Waals surface area contributed by atoms with E-state index in [4.69, 9.17) is 25.8 Å². The molecule has 0 saturated carbocycles. The first-order valence-corrected chi connectivity index (χ1v) is 14.7. The third-order valence-corrected chi connectivity index (χ3v) is 6.54. The largest absolute Gasteiger partial charge is 0.381 e. The van der Waals surface area contributed by atoms with Gasteiger partial charge in [0.15, 0.2) is 0 Å². The molecule has 0 aromatic carbocycles. The first-order chi connectivity index (χ1) is 16.2. The van der Waals surface area contributed by atoms with Gasteiger partial charge in [-0.25, -0.2) is 0 Å². The lowest BCUT2D eigenvalue weighted by Gasteiger charge is -2.17. The zero-order chi connectivity index (χ0) is 24.2. The number of allylic oxidation sites excluding steroid dienone is 1. The van der Waals surface area contributed by atoms with E-state index >= 15 is 0 Å². The van der Waals surface area contributed by atoms with Crippen molar-refractivity contribution in [3.8, 4) is 0 Å². The summed E-state index contributed by atoms with van der Waals surface area (Å²) in [4.78, 5) is 0. The molecule has 2 atom stereocenters. The SMILES string of the molecule is C=CCCCCCCCCCOCCC(CCC)OCCCCCCOCCC(Cl)CCC. The predicted molar refractivity (Wildman–Crippen MR) is 146 cm³/mol. The van der Waals surface area contributed by atoms with E-state index in [9.17, 15) is 0 Å². The number of alkyl halides is 1. The van der Waals surface area contributed by atoms with Crippen LogP contribution in [0.3, 0.4) is 0 Å². The van der Waals surface area contributed by atoms with Crippen LogP contribution in [0, 0.1) is 0 Å². The summed E-state index contributed by atoms with van der Waals surface area (Å²) in [5, 5.41) is 0.279. The summed E-state index contributed by atoms with van der Waals surface area (Å²) in [7, 11) is 0. The van der Waals surface area contributed by atoms with Crippen LogP contribution in [0.4, 0.5) is 0 Å². The highest BCUT2D eigenvalue weighted by molar-refractivity contribution is 6.20. The van der Waals surface area contributed by atoms with Crippen LogP contribution in [0.5, 0.6) is 0 Å². The van der Waals surface area contributed by atoms with Crippen molar-refractivity contribution in [2.24, 2.45) is 0 Å². The van der Waals surface area contributed by atoms with Crippen molar-refractivity contribution >= 4 is 11.6 Å². The first-order valence-electron chi connectivity index (χ1n) is 14.3. The van der Waals surface area contributed by atoms with Crippen molar-refractivity contribution in [3.05, 3.63) is 12.7 Å². The number of halogens is 1. The maximum Gasteiger partial charge on any atom is 0.0597 e. The highest BCUT2D eigenvalue weighted by Crippen LogP contribution is 2.12. The number of ether oxygens (including phenoxy) is 3. The molecule has 4 heteroatoms. The highest BCUT2D eigenvalue weighted by atomic mass is 35.5. The van der Waals surface area contributed by atoms with Gasteiger partial charge < -0.3 is 14.2 Å². The Balaban J connectivity index is 3.43. The van der Waals surface area contributed by atoms with Gasteiger partial charge >= 0.3 is 0 Å². The molecule has 0 radical (unpaired) electrons. The topological polar surface area (TPSA) is 27.7 Å². The van der Waals surface area contributed by atoms with Crippen LogP contribution < -0.4 is 0 Å². The summed E-state index contributed by atoms with van der Waals surface area (Å²) in [6.45, 7) is 12.5. The van der Waals surface area contributed by atoms with Crippen molar-refractivity contribution in [2.75, 3.05) is 33.0 Å². The Morgan fingerprint density at radius 1 is 0.606 bits per heavy atom. The monoisotopic (exact) mass is 488 g/mol. The molecular weight excluding hydrogens is 432 g/mol. The number of hydrogen-bond acceptors (Lipinski definition) is 3. The van der Waals surface area contributed by atoms with E-state index in [-0.39, 0.29) is 5.38 Å². The molecule has 0 spiro atoms. The molecule has 0 rings (SSSR count). The average molecular weight is 489 g/mol. The fraction of sp³-hybridized carbons (Fsp3) is 0.931. The number of rotatable bonds is 28. The Hall–Kier alpha value is -0.0900. The van der Waals surface area contributed by atoms with Gasteiger partial charge in [-0.05, 0) is 57.8 Å². The van der Waals surface area contributed by atoms with Crippen molar-refractivity contribution in [1.82, 2.24) is 0 Å². The second kappa shape index (κ2) is 28.1. The standard InChI is InChI=1S/C29H57ClO3/c1-4-7-8-9-10-11-12-13-16-24-32-27-22-29(20-6-3)33-25-18-15-14-17-23-31-26-21-28(30)19-5-2/h4,28-29H,1,5-27H2,2-3H3. The van der Waals surface area contributed by atoms with Gasteiger partial charge in [-0.1, -0.05) is 77.7 Å². The molecule has 0 heterocycles. The lowest BCUT2D eigenvalue weighted by Crippen LogP contribution is -2.16. The second-order valence-electron chi connectivity index (χ2n) is 9.44. The van der Waals surface area contributed by atoms with Gasteiger partial charge in [-0.15, -0.1) is 18.2 Å². The fourth-order valence-electron chi connectivity index (χ4n) is 4.01. The van der Waals surface area contributed by atoms with Crippen LogP contribution >= 0.6 is 11.6 Å². The lowest BCUT2D eigenvalue weighted by molar-refractivity contribution is 0.0139. The highest BCUT2D eigenvalue weighted by Gasteiger charge is 2.08. The summed E-state index contributed by atoms with van der Waals surface area (Å²) in [5.41, 5.74) is 0. The van der Waals surface area contributed by atoms with E-state index in [0.29, 0.717) is 6.10 Å². The van der Waals surface area contributed by atoms with E-state index in [1.807, 2.05) is 6.08 Å². The number of unbranched alkanes of at least 4 members (excludes halogenated alkanes) is 10. The van der Waals surface area contributed by atoms with Gasteiger partial charge in [0.05, 0.1) is 6.10 Å². The maximum atomic E-state index is 6.21. The van der Waals surface area contributed by atoms with E-state index in [0.717, 1.165) is 78.0 Å². The molecule has 0 amide bonds. The molecule has 0 fully saturated rings. The molecule has 198 valence electrons. The quantitative estimate of drug-likeness (QED) is 0.0623. The molecule has 0 saturated heterocycles. The van der Waals surface area contributed by atoms with E-state index in [2.05, 4.69) is 20.4 Å². The van der Waals surface area contributed by atoms with Crippen molar-refractivity contribution < 1.29 is 14.2 Å². The average Bonchev–Trinajstić information content (AvgIpc) is 2.81. The van der Waals surface area contributed by atoms with Crippen molar-refractivity contribution in [3.63, 3.8) is 0 Å². The minimum Gasteiger partial charge on any atom is -0.381 e. The number of hydrogen-bond donors (Lipinski definition) is 0. The minimum atomic E-state index is 0.279. The van der Waals surface area contributed by atoms with E-state index in [1.165, 1.54) is 70.6 Å². The first kappa shape index (κ1) is 32.9.